The van der Waals surface area contributed by atoms with Crippen LogP contribution in [0.2, 0.25) is 0 Å². The number of nitrogens with one attached hydrogen (secondary N) is 2. The van der Waals surface area contributed by atoms with Crippen LogP contribution in [0.5, 0.6) is 0 Å². The van der Waals surface area contributed by atoms with Gasteiger partial charge in [0.1, 0.15) is 0 Å². The average Bonchev–Trinajstić information content (AvgIpc) is 2.44. The summed E-state index contributed by atoms with van der Waals surface area (Å²) >= 11 is 0. The Morgan fingerprint density at radius 3 is 2.48 bits per heavy atom. The molecule has 5 heteroatoms. The van der Waals surface area contributed by atoms with E-state index in [9.17, 15) is 9.59 Å². The van der Waals surface area contributed by atoms with Gasteiger partial charge in [-0.2, -0.15) is 0 Å². The van der Waals surface area contributed by atoms with Gasteiger partial charge in [0, 0.05) is 18.2 Å². The van der Waals surface area contributed by atoms with Crippen molar-refractivity contribution in [1.29, 1.82) is 0 Å². The van der Waals surface area contributed by atoms with Crippen LogP contribution in [0.25, 0.3) is 0 Å². The molecule has 0 radical (unpaired) electrons. The van der Waals surface area contributed by atoms with Crippen LogP contribution in [0, 0.1) is 19.8 Å². The molecule has 2 amide bonds. The van der Waals surface area contributed by atoms with E-state index in [1.165, 1.54) is 0 Å². The molecule has 0 heterocycles. The van der Waals surface area contributed by atoms with Gasteiger partial charge >= 0.3 is 6.09 Å². The fourth-order valence-electron chi connectivity index (χ4n) is 2.48. The molecule has 0 aliphatic heterocycles. The Morgan fingerprint density at radius 2 is 1.91 bits per heavy atom. The van der Waals surface area contributed by atoms with E-state index in [1.54, 1.807) is 6.92 Å². The lowest BCUT2D eigenvalue weighted by atomic mass is 10.0. The summed E-state index contributed by atoms with van der Waals surface area (Å²) < 4.78 is 4.91. The van der Waals surface area contributed by atoms with Crippen molar-refractivity contribution >= 4 is 12.0 Å². The number of amides is 2. The summed E-state index contributed by atoms with van der Waals surface area (Å²) in [5.41, 5.74) is 2.73. The molecule has 1 aromatic rings. The quantitative estimate of drug-likeness (QED) is 0.811. The fraction of sp³-hybridized carbons (Fsp3) is 0.556. The first kappa shape index (κ1) is 19.0. The molecule has 1 aromatic carbocycles. The van der Waals surface area contributed by atoms with Gasteiger partial charge in [-0.3, -0.25) is 4.79 Å². The van der Waals surface area contributed by atoms with Crippen LogP contribution in [-0.2, 0) is 4.74 Å². The maximum atomic E-state index is 12.3. The second kappa shape index (κ2) is 9.18. The minimum absolute atomic E-state index is 0.123. The molecule has 1 rings (SSSR count). The van der Waals surface area contributed by atoms with Crippen molar-refractivity contribution in [2.45, 2.75) is 47.1 Å². The Kier molecular flexibility index (Phi) is 7.59. The number of alkyl carbamates (subject to hydrolysis) is 1. The van der Waals surface area contributed by atoms with Gasteiger partial charge in [-0.15, -0.1) is 0 Å². The Morgan fingerprint density at radius 1 is 1.22 bits per heavy atom. The minimum atomic E-state index is -0.445. The molecule has 5 nitrogen and oxygen atoms in total. The van der Waals surface area contributed by atoms with Crippen LogP contribution in [0.4, 0.5) is 4.79 Å². The summed E-state index contributed by atoms with van der Waals surface area (Å²) in [6, 6.07) is 5.58. The van der Waals surface area contributed by atoms with Crippen molar-refractivity contribution in [2.24, 2.45) is 5.92 Å². The fourth-order valence-corrected chi connectivity index (χ4v) is 2.48. The number of carbonyl (C=O) groups excluding carboxylic acids is 2. The zero-order valence-electron chi connectivity index (χ0n) is 14.7. The summed E-state index contributed by atoms with van der Waals surface area (Å²) in [7, 11) is 0. The summed E-state index contributed by atoms with van der Waals surface area (Å²) in [6.07, 6.45) is 0.324. The third-order valence-electron chi connectivity index (χ3n) is 3.49. The van der Waals surface area contributed by atoms with Crippen molar-refractivity contribution in [3.8, 4) is 0 Å². The molecule has 0 fully saturated rings. The van der Waals surface area contributed by atoms with Gasteiger partial charge < -0.3 is 15.4 Å². The molecule has 0 spiro atoms. The SMILES string of the molecule is CCOC(=O)NC(CNC(=O)c1ccc(C)cc1C)CC(C)C. The number of carbonyl (C=O) groups is 2. The van der Waals surface area contributed by atoms with Gasteiger partial charge in [0.25, 0.3) is 5.91 Å². The molecule has 1 atom stereocenters. The van der Waals surface area contributed by atoms with Gasteiger partial charge in [-0.25, -0.2) is 4.79 Å². The molecule has 0 saturated heterocycles. The first-order chi connectivity index (χ1) is 10.8. The molecule has 0 aliphatic rings. The number of aryl methyl sites for hydroxylation is 2. The highest BCUT2D eigenvalue weighted by Crippen LogP contribution is 2.11. The van der Waals surface area contributed by atoms with E-state index in [4.69, 9.17) is 4.74 Å². The first-order valence-corrected chi connectivity index (χ1v) is 8.12. The molecule has 2 N–H and O–H groups in total. The van der Waals surface area contributed by atoms with Crippen molar-refractivity contribution in [3.63, 3.8) is 0 Å². The Labute approximate surface area is 138 Å². The normalized spacial score (nSPS) is 11.9. The smallest absolute Gasteiger partial charge is 0.407 e. The molecule has 1 unspecified atom stereocenters. The lowest BCUT2D eigenvalue weighted by Gasteiger charge is -2.21. The highest BCUT2D eigenvalue weighted by atomic mass is 16.5. The minimum Gasteiger partial charge on any atom is -0.450 e. The van der Waals surface area contributed by atoms with E-state index in [0.29, 0.717) is 24.6 Å². The van der Waals surface area contributed by atoms with Gasteiger partial charge in [-0.05, 0) is 44.7 Å². The number of benzene rings is 1. The van der Waals surface area contributed by atoms with Crippen LogP contribution in [0.15, 0.2) is 18.2 Å². The highest BCUT2D eigenvalue weighted by molar-refractivity contribution is 5.95. The van der Waals surface area contributed by atoms with E-state index in [0.717, 1.165) is 17.5 Å². The first-order valence-electron chi connectivity index (χ1n) is 8.12. The maximum Gasteiger partial charge on any atom is 0.407 e. The third kappa shape index (κ3) is 6.72. The van der Waals surface area contributed by atoms with Crippen molar-refractivity contribution < 1.29 is 14.3 Å². The van der Waals surface area contributed by atoms with Gasteiger partial charge in [0.15, 0.2) is 0 Å². The second-order valence-corrected chi connectivity index (χ2v) is 6.22. The number of hydrogen-bond donors (Lipinski definition) is 2. The lowest BCUT2D eigenvalue weighted by molar-refractivity contribution is 0.0944. The molecule has 0 aliphatic carbocycles. The number of rotatable bonds is 7. The maximum absolute atomic E-state index is 12.3. The summed E-state index contributed by atoms with van der Waals surface area (Å²) in [6.45, 7) is 10.5. The van der Waals surface area contributed by atoms with Crippen LogP contribution >= 0.6 is 0 Å². The molecular formula is C18H28N2O3. The number of ether oxygens (including phenoxy) is 1. The van der Waals surface area contributed by atoms with Crippen molar-refractivity contribution in [3.05, 3.63) is 34.9 Å². The third-order valence-corrected chi connectivity index (χ3v) is 3.49. The lowest BCUT2D eigenvalue weighted by Crippen LogP contribution is -2.44. The Hall–Kier alpha value is -2.04. The summed E-state index contributed by atoms with van der Waals surface area (Å²) in [5.74, 6) is 0.279. The topological polar surface area (TPSA) is 67.4 Å². The van der Waals surface area contributed by atoms with E-state index >= 15 is 0 Å². The van der Waals surface area contributed by atoms with Gasteiger partial charge in [0.05, 0.1) is 6.61 Å². The monoisotopic (exact) mass is 320 g/mol. The highest BCUT2D eigenvalue weighted by Gasteiger charge is 2.17. The predicted octanol–water partition coefficient (Wildman–Crippen LogP) is 3.19. The van der Waals surface area contributed by atoms with E-state index in [1.807, 2.05) is 32.0 Å². The Balaban J connectivity index is 2.65. The Bertz CT molecular complexity index is 541. The van der Waals surface area contributed by atoms with E-state index < -0.39 is 6.09 Å². The standard InChI is InChI=1S/C18H28N2O3/c1-6-23-18(22)20-15(9-12(2)3)11-19-17(21)16-8-7-13(4)10-14(16)5/h7-8,10,12,15H,6,9,11H2,1-5H3,(H,19,21)(H,20,22). The second-order valence-electron chi connectivity index (χ2n) is 6.22. The van der Waals surface area contributed by atoms with Crippen LogP contribution in [0.3, 0.4) is 0 Å². The molecule has 0 saturated carbocycles. The van der Waals surface area contributed by atoms with Crippen LogP contribution < -0.4 is 10.6 Å². The van der Waals surface area contributed by atoms with E-state index in [-0.39, 0.29) is 11.9 Å². The molecule has 23 heavy (non-hydrogen) atoms. The van der Waals surface area contributed by atoms with Crippen LogP contribution in [0.1, 0.15) is 48.7 Å². The largest absolute Gasteiger partial charge is 0.450 e. The molecule has 128 valence electrons. The van der Waals surface area contributed by atoms with Crippen molar-refractivity contribution in [1.82, 2.24) is 10.6 Å². The molecule has 0 aromatic heterocycles. The zero-order chi connectivity index (χ0) is 17.4. The zero-order valence-corrected chi connectivity index (χ0v) is 14.7. The number of hydrogen-bond acceptors (Lipinski definition) is 3. The molecular weight excluding hydrogens is 292 g/mol. The van der Waals surface area contributed by atoms with Gasteiger partial charge in [0.2, 0.25) is 0 Å². The molecule has 0 bridgehead atoms. The average molecular weight is 320 g/mol. The van der Waals surface area contributed by atoms with Crippen molar-refractivity contribution in [2.75, 3.05) is 13.2 Å². The van der Waals surface area contributed by atoms with E-state index in [2.05, 4.69) is 24.5 Å². The van der Waals surface area contributed by atoms with Gasteiger partial charge in [-0.1, -0.05) is 31.5 Å². The summed E-state index contributed by atoms with van der Waals surface area (Å²) in [5, 5.41) is 5.71. The predicted molar refractivity (Wildman–Crippen MR) is 91.6 cm³/mol. The van der Waals surface area contributed by atoms with Crippen LogP contribution in [-0.4, -0.2) is 31.2 Å². The summed E-state index contributed by atoms with van der Waals surface area (Å²) in [4.78, 5) is 23.9.